The molecule has 0 amide bonds. The Morgan fingerprint density at radius 3 is 2.33 bits per heavy atom. The monoisotopic (exact) mass is 210 g/mol. The molecule has 0 aliphatic carbocycles. The van der Waals surface area contributed by atoms with Gasteiger partial charge in [0, 0.05) is 11.6 Å². The van der Waals surface area contributed by atoms with Crippen molar-refractivity contribution < 1.29 is 19.1 Å². The van der Waals surface area contributed by atoms with Crippen LogP contribution in [0.4, 0.5) is 0 Å². The highest BCUT2D eigenvalue weighted by atomic mass is 16.6. The molecule has 0 N–H and O–H groups in total. The van der Waals surface area contributed by atoms with Crippen LogP contribution in [0.15, 0.2) is 37.0 Å². The first kappa shape index (κ1) is 13.2. The minimum absolute atomic E-state index is 0.0258. The maximum absolute atomic E-state index is 11.1. The van der Waals surface area contributed by atoms with Crippen molar-refractivity contribution in [3.63, 3.8) is 0 Å². The van der Waals surface area contributed by atoms with Crippen LogP contribution in [0.25, 0.3) is 0 Å². The summed E-state index contributed by atoms with van der Waals surface area (Å²) in [6.45, 7) is 8.34. The third kappa shape index (κ3) is 6.26. The van der Waals surface area contributed by atoms with Gasteiger partial charge in [-0.15, -0.1) is 0 Å². The number of ether oxygens (including phenoxy) is 2. The number of hydrogen-bond donors (Lipinski definition) is 0. The SMILES string of the molecule is C=C/C=C(\C)C(=O)OCCOC(=O)C=C. The van der Waals surface area contributed by atoms with Crippen molar-refractivity contribution in [1.29, 1.82) is 0 Å². The topological polar surface area (TPSA) is 52.6 Å². The predicted molar refractivity (Wildman–Crippen MR) is 56.1 cm³/mol. The maximum atomic E-state index is 11.1. The van der Waals surface area contributed by atoms with Gasteiger partial charge in [-0.1, -0.05) is 25.3 Å². The molecular formula is C11H14O4. The smallest absolute Gasteiger partial charge is 0.333 e. The van der Waals surface area contributed by atoms with Gasteiger partial charge in [0.25, 0.3) is 0 Å². The summed E-state index contributed by atoms with van der Waals surface area (Å²) in [5.74, 6) is -0.992. The second-order valence-corrected chi connectivity index (χ2v) is 2.59. The Morgan fingerprint density at radius 2 is 1.80 bits per heavy atom. The zero-order valence-corrected chi connectivity index (χ0v) is 8.69. The van der Waals surface area contributed by atoms with Gasteiger partial charge in [-0.3, -0.25) is 0 Å². The van der Waals surface area contributed by atoms with Crippen molar-refractivity contribution in [2.75, 3.05) is 13.2 Å². The highest BCUT2D eigenvalue weighted by Crippen LogP contribution is 1.96. The number of hydrogen-bond acceptors (Lipinski definition) is 4. The van der Waals surface area contributed by atoms with Gasteiger partial charge in [0.15, 0.2) is 0 Å². The van der Waals surface area contributed by atoms with E-state index in [2.05, 4.69) is 17.9 Å². The molecule has 0 saturated carbocycles. The highest BCUT2D eigenvalue weighted by Gasteiger charge is 2.04. The predicted octanol–water partition coefficient (Wildman–Crippen LogP) is 1.39. The number of carbonyl (C=O) groups is 2. The molecule has 0 atom stereocenters. The molecular weight excluding hydrogens is 196 g/mol. The number of rotatable bonds is 6. The van der Waals surface area contributed by atoms with E-state index in [0.717, 1.165) is 6.08 Å². The molecule has 15 heavy (non-hydrogen) atoms. The fraction of sp³-hybridized carbons (Fsp3) is 0.273. The molecule has 0 fully saturated rings. The molecule has 4 heteroatoms. The summed E-state index contributed by atoms with van der Waals surface area (Å²) >= 11 is 0. The molecule has 0 bridgehead atoms. The van der Waals surface area contributed by atoms with E-state index in [1.807, 2.05) is 0 Å². The quantitative estimate of drug-likeness (QED) is 0.288. The summed E-state index contributed by atoms with van der Waals surface area (Å²) in [5.41, 5.74) is 0.444. The van der Waals surface area contributed by atoms with E-state index in [-0.39, 0.29) is 13.2 Å². The molecule has 0 aliphatic heterocycles. The molecule has 0 aromatic rings. The number of carbonyl (C=O) groups excluding carboxylic acids is 2. The van der Waals surface area contributed by atoms with Gasteiger partial charge >= 0.3 is 11.9 Å². The molecule has 0 heterocycles. The third-order valence-electron chi connectivity index (χ3n) is 1.42. The van der Waals surface area contributed by atoms with Crippen LogP contribution < -0.4 is 0 Å². The Labute approximate surface area is 88.9 Å². The zero-order chi connectivity index (χ0) is 11.7. The Bertz CT molecular complexity index is 289. The van der Waals surface area contributed by atoms with E-state index in [1.165, 1.54) is 12.2 Å². The summed E-state index contributed by atoms with van der Waals surface area (Å²) in [5, 5.41) is 0. The van der Waals surface area contributed by atoms with Gasteiger partial charge in [-0.05, 0) is 6.92 Å². The van der Waals surface area contributed by atoms with Gasteiger partial charge in [-0.2, -0.15) is 0 Å². The van der Waals surface area contributed by atoms with Gasteiger partial charge in [0.2, 0.25) is 0 Å². The van der Waals surface area contributed by atoms with E-state index in [4.69, 9.17) is 4.74 Å². The normalized spacial score (nSPS) is 10.3. The van der Waals surface area contributed by atoms with Crippen molar-refractivity contribution in [1.82, 2.24) is 0 Å². The second kappa shape index (κ2) is 7.55. The van der Waals surface area contributed by atoms with Crippen LogP contribution in [0.3, 0.4) is 0 Å². The highest BCUT2D eigenvalue weighted by molar-refractivity contribution is 5.88. The molecule has 0 aromatic carbocycles. The molecule has 0 rings (SSSR count). The Kier molecular flexibility index (Phi) is 6.63. The average molecular weight is 210 g/mol. The first-order chi connectivity index (χ1) is 7.11. The van der Waals surface area contributed by atoms with Gasteiger partial charge in [0.05, 0.1) is 0 Å². The van der Waals surface area contributed by atoms with Crippen LogP contribution in [-0.4, -0.2) is 25.2 Å². The second-order valence-electron chi connectivity index (χ2n) is 2.59. The van der Waals surface area contributed by atoms with E-state index in [1.54, 1.807) is 6.92 Å². The van der Waals surface area contributed by atoms with Crippen LogP contribution in [0.2, 0.25) is 0 Å². The van der Waals surface area contributed by atoms with Crippen molar-refractivity contribution in [3.05, 3.63) is 37.0 Å². The summed E-state index contributed by atoms with van der Waals surface area (Å²) in [6.07, 6.45) is 4.08. The van der Waals surface area contributed by atoms with Crippen LogP contribution in [-0.2, 0) is 19.1 Å². The number of allylic oxidation sites excluding steroid dienone is 2. The molecule has 0 spiro atoms. The molecule has 0 unspecified atom stereocenters. The summed E-state index contributed by atoms with van der Waals surface area (Å²) < 4.78 is 9.39. The fourth-order valence-electron chi connectivity index (χ4n) is 0.694. The average Bonchev–Trinajstić information content (AvgIpc) is 2.23. The van der Waals surface area contributed by atoms with Crippen molar-refractivity contribution in [2.24, 2.45) is 0 Å². The summed E-state index contributed by atoms with van der Waals surface area (Å²) in [4.78, 5) is 21.7. The third-order valence-corrected chi connectivity index (χ3v) is 1.42. The lowest BCUT2D eigenvalue weighted by Gasteiger charge is -2.04. The lowest BCUT2D eigenvalue weighted by atomic mass is 10.3. The maximum Gasteiger partial charge on any atom is 0.333 e. The fourth-order valence-corrected chi connectivity index (χ4v) is 0.694. The molecule has 0 aromatic heterocycles. The van der Waals surface area contributed by atoms with E-state index in [9.17, 15) is 9.59 Å². The van der Waals surface area contributed by atoms with Crippen LogP contribution >= 0.6 is 0 Å². The van der Waals surface area contributed by atoms with Crippen LogP contribution in [0.1, 0.15) is 6.92 Å². The molecule has 0 radical (unpaired) electrons. The number of esters is 2. The van der Waals surface area contributed by atoms with Gasteiger partial charge in [0.1, 0.15) is 13.2 Å². The molecule has 0 aliphatic rings. The van der Waals surface area contributed by atoms with Crippen molar-refractivity contribution in [2.45, 2.75) is 6.92 Å². The minimum atomic E-state index is -0.538. The van der Waals surface area contributed by atoms with E-state index >= 15 is 0 Å². The standard InChI is InChI=1S/C11H14O4/c1-4-6-9(3)11(13)15-8-7-14-10(12)5-2/h4-6H,1-2,7-8H2,3H3/b9-6+. The van der Waals surface area contributed by atoms with Crippen molar-refractivity contribution in [3.8, 4) is 0 Å². The summed E-state index contributed by atoms with van der Waals surface area (Å²) in [7, 11) is 0. The Morgan fingerprint density at radius 1 is 1.20 bits per heavy atom. The Balaban J connectivity index is 3.73. The molecule has 82 valence electrons. The first-order valence-corrected chi connectivity index (χ1v) is 4.37. The first-order valence-electron chi connectivity index (χ1n) is 4.37. The van der Waals surface area contributed by atoms with Gasteiger partial charge < -0.3 is 9.47 Å². The lowest BCUT2D eigenvalue weighted by molar-refractivity contribution is -0.146. The zero-order valence-electron chi connectivity index (χ0n) is 8.69. The van der Waals surface area contributed by atoms with Crippen LogP contribution in [0.5, 0.6) is 0 Å². The van der Waals surface area contributed by atoms with E-state index in [0.29, 0.717) is 5.57 Å². The van der Waals surface area contributed by atoms with E-state index < -0.39 is 11.9 Å². The largest absolute Gasteiger partial charge is 0.459 e. The van der Waals surface area contributed by atoms with Crippen molar-refractivity contribution >= 4 is 11.9 Å². The van der Waals surface area contributed by atoms with Crippen LogP contribution in [0, 0.1) is 0 Å². The minimum Gasteiger partial charge on any atom is -0.459 e. The summed E-state index contributed by atoms with van der Waals surface area (Å²) in [6, 6.07) is 0. The lowest BCUT2D eigenvalue weighted by Crippen LogP contribution is -2.13. The molecule has 0 saturated heterocycles. The Hall–Kier alpha value is -1.84. The molecule has 4 nitrogen and oxygen atoms in total. The van der Waals surface area contributed by atoms with Gasteiger partial charge in [-0.25, -0.2) is 9.59 Å².